The Bertz CT molecular complexity index is 569. The summed E-state index contributed by atoms with van der Waals surface area (Å²) in [5.41, 5.74) is 7.44. The van der Waals surface area contributed by atoms with Crippen molar-refractivity contribution in [3.8, 4) is 6.07 Å². The molecule has 88 valence electrons. The molecule has 4 nitrogen and oxygen atoms in total. The van der Waals surface area contributed by atoms with Crippen molar-refractivity contribution in [2.75, 3.05) is 24.2 Å². The molecule has 2 aromatic rings. The zero-order chi connectivity index (χ0) is 12.4. The molecule has 1 atom stereocenters. The molecule has 0 aliphatic rings. The zero-order valence-corrected chi connectivity index (χ0v) is 10.7. The molecule has 0 bridgehead atoms. The summed E-state index contributed by atoms with van der Waals surface area (Å²) in [5.74, 6) is -0.00270. The van der Waals surface area contributed by atoms with Gasteiger partial charge >= 0.3 is 0 Å². The average Bonchev–Trinajstić information content (AvgIpc) is 2.71. The van der Waals surface area contributed by atoms with Crippen LogP contribution >= 0.6 is 11.3 Å². The molecule has 17 heavy (non-hydrogen) atoms. The van der Waals surface area contributed by atoms with Gasteiger partial charge in [0.2, 0.25) is 0 Å². The number of benzene rings is 1. The standard InChI is InChI=1S/C12H14N4S/c1-8(6-13)7-16(2)12-15-10-4-3-9(14)5-11(10)17-12/h3-5,8H,7,14H2,1-2H3. The highest BCUT2D eigenvalue weighted by molar-refractivity contribution is 7.22. The summed E-state index contributed by atoms with van der Waals surface area (Å²) in [6.07, 6.45) is 0. The lowest BCUT2D eigenvalue weighted by Crippen LogP contribution is -2.22. The quantitative estimate of drug-likeness (QED) is 0.845. The Balaban J connectivity index is 2.27. The largest absolute Gasteiger partial charge is 0.399 e. The summed E-state index contributed by atoms with van der Waals surface area (Å²) in [4.78, 5) is 6.53. The first-order valence-electron chi connectivity index (χ1n) is 5.37. The lowest BCUT2D eigenvalue weighted by atomic mass is 10.2. The van der Waals surface area contributed by atoms with E-state index in [1.54, 1.807) is 11.3 Å². The lowest BCUT2D eigenvalue weighted by molar-refractivity contribution is 0.715. The van der Waals surface area contributed by atoms with E-state index >= 15 is 0 Å². The third kappa shape index (κ3) is 2.48. The second-order valence-electron chi connectivity index (χ2n) is 4.13. The second kappa shape index (κ2) is 4.60. The summed E-state index contributed by atoms with van der Waals surface area (Å²) < 4.78 is 1.08. The van der Waals surface area contributed by atoms with E-state index < -0.39 is 0 Å². The van der Waals surface area contributed by atoms with Gasteiger partial charge in [0.05, 0.1) is 22.2 Å². The highest BCUT2D eigenvalue weighted by Gasteiger charge is 2.11. The summed E-state index contributed by atoms with van der Waals surface area (Å²) >= 11 is 1.60. The van der Waals surface area contributed by atoms with Gasteiger partial charge in [-0.1, -0.05) is 11.3 Å². The number of nitrogen functional groups attached to an aromatic ring is 1. The topological polar surface area (TPSA) is 65.9 Å². The van der Waals surface area contributed by atoms with Crippen molar-refractivity contribution in [3.63, 3.8) is 0 Å². The van der Waals surface area contributed by atoms with E-state index in [4.69, 9.17) is 11.0 Å². The van der Waals surface area contributed by atoms with Crippen LogP contribution in [0.15, 0.2) is 18.2 Å². The van der Waals surface area contributed by atoms with Gasteiger partial charge in [-0.2, -0.15) is 5.26 Å². The van der Waals surface area contributed by atoms with Crippen molar-refractivity contribution in [1.82, 2.24) is 4.98 Å². The molecule has 0 radical (unpaired) electrons. The monoisotopic (exact) mass is 246 g/mol. The Kier molecular flexibility index (Phi) is 3.16. The number of thiazole rings is 1. The van der Waals surface area contributed by atoms with Gasteiger partial charge < -0.3 is 10.6 Å². The fourth-order valence-electron chi connectivity index (χ4n) is 1.62. The van der Waals surface area contributed by atoms with E-state index in [0.29, 0.717) is 6.54 Å². The highest BCUT2D eigenvalue weighted by Crippen LogP contribution is 2.29. The van der Waals surface area contributed by atoms with Crippen LogP contribution in [0, 0.1) is 17.2 Å². The predicted octanol–water partition coefficient (Wildman–Crippen LogP) is 2.47. The Morgan fingerprint density at radius 1 is 1.59 bits per heavy atom. The minimum Gasteiger partial charge on any atom is -0.399 e. The van der Waals surface area contributed by atoms with Gasteiger partial charge in [0.15, 0.2) is 5.13 Å². The molecule has 0 amide bonds. The maximum absolute atomic E-state index is 8.80. The number of rotatable bonds is 3. The number of aromatic nitrogens is 1. The molecule has 5 heteroatoms. The van der Waals surface area contributed by atoms with Crippen molar-refractivity contribution in [2.24, 2.45) is 5.92 Å². The average molecular weight is 246 g/mol. The third-order valence-corrected chi connectivity index (χ3v) is 3.63. The number of anilines is 2. The van der Waals surface area contributed by atoms with Crippen molar-refractivity contribution < 1.29 is 0 Å². The first-order chi connectivity index (χ1) is 8.10. The number of nitrogens with zero attached hydrogens (tertiary/aromatic N) is 3. The van der Waals surface area contributed by atoms with Gasteiger partial charge in [-0.05, 0) is 25.1 Å². The van der Waals surface area contributed by atoms with E-state index in [-0.39, 0.29) is 5.92 Å². The van der Waals surface area contributed by atoms with Gasteiger partial charge in [0, 0.05) is 19.3 Å². The van der Waals surface area contributed by atoms with Crippen LogP contribution in [0.2, 0.25) is 0 Å². The van der Waals surface area contributed by atoms with Crippen molar-refractivity contribution in [3.05, 3.63) is 18.2 Å². The molecule has 1 aromatic heterocycles. The fraction of sp³-hybridized carbons (Fsp3) is 0.333. The van der Waals surface area contributed by atoms with Crippen LogP contribution < -0.4 is 10.6 Å². The van der Waals surface area contributed by atoms with Gasteiger partial charge in [-0.3, -0.25) is 0 Å². The van der Waals surface area contributed by atoms with E-state index in [0.717, 1.165) is 21.0 Å². The molecule has 0 spiro atoms. The smallest absolute Gasteiger partial charge is 0.186 e. The van der Waals surface area contributed by atoms with E-state index in [9.17, 15) is 0 Å². The van der Waals surface area contributed by atoms with E-state index in [1.807, 2.05) is 37.1 Å². The van der Waals surface area contributed by atoms with Crippen molar-refractivity contribution in [1.29, 1.82) is 5.26 Å². The molecule has 1 aromatic carbocycles. The first kappa shape index (κ1) is 11.7. The Morgan fingerprint density at radius 3 is 3.06 bits per heavy atom. The molecule has 1 heterocycles. The number of hydrogen-bond acceptors (Lipinski definition) is 5. The molecule has 0 aliphatic carbocycles. The van der Waals surface area contributed by atoms with E-state index in [1.165, 1.54) is 0 Å². The summed E-state index contributed by atoms with van der Waals surface area (Å²) in [6.45, 7) is 2.59. The highest BCUT2D eigenvalue weighted by atomic mass is 32.1. The number of nitrogens with two attached hydrogens (primary N) is 1. The van der Waals surface area contributed by atoms with Crippen molar-refractivity contribution >= 4 is 32.4 Å². The van der Waals surface area contributed by atoms with Crippen LogP contribution in [-0.4, -0.2) is 18.6 Å². The second-order valence-corrected chi connectivity index (χ2v) is 5.14. The first-order valence-corrected chi connectivity index (χ1v) is 6.18. The molecule has 1 unspecified atom stereocenters. The maximum atomic E-state index is 8.80. The molecular formula is C12H14N4S. The van der Waals surface area contributed by atoms with E-state index in [2.05, 4.69) is 11.1 Å². The molecule has 2 N–H and O–H groups in total. The minimum absolute atomic E-state index is 0.00270. The molecule has 0 saturated carbocycles. The van der Waals surface area contributed by atoms with Gasteiger partial charge in [-0.25, -0.2) is 4.98 Å². The normalized spacial score (nSPS) is 12.3. The molecule has 0 fully saturated rings. The SMILES string of the molecule is CC(C#N)CN(C)c1nc2ccc(N)cc2s1. The van der Waals surface area contributed by atoms with Crippen LogP contribution in [0.1, 0.15) is 6.92 Å². The van der Waals surface area contributed by atoms with Crippen LogP contribution in [0.25, 0.3) is 10.2 Å². The zero-order valence-electron chi connectivity index (χ0n) is 9.84. The number of fused-ring (bicyclic) bond motifs is 1. The van der Waals surface area contributed by atoms with Crippen LogP contribution in [0.3, 0.4) is 0 Å². The van der Waals surface area contributed by atoms with Crippen LogP contribution in [-0.2, 0) is 0 Å². The van der Waals surface area contributed by atoms with Gasteiger partial charge in [-0.15, -0.1) is 0 Å². The van der Waals surface area contributed by atoms with Crippen LogP contribution in [0.4, 0.5) is 10.8 Å². The van der Waals surface area contributed by atoms with Gasteiger partial charge in [0.1, 0.15) is 0 Å². The summed E-state index contributed by atoms with van der Waals surface area (Å²) in [6, 6.07) is 7.93. The van der Waals surface area contributed by atoms with Crippen molar-refractivity contribution in [2.45, 2.75) is 6.92 Å². The fourth-order valence-corrected chi connectivity index (χ4v) is 2.61. The predicted molar refractivity (Wildman–Crippen MR) is 72.1 cm³/mol. The summed E-state index contributed by atoms with van der Waals surface area (Å²) in [5, 5.41) is 9.72. The molecular weight excluding hydrogens is 232 g/mol. The minimum atomic E-state index is -0.00270. The summed E-state index contributed by atoms with van der Waals surface area (Å²) in [7, 11) is 1.95. The van der Waals surface area contributed by atoms with Gasteiger partial charge in [0.25, 0.3) is 0 Å². The molecule has 0 saturated heterocycles. The van der Waals surface area contributed by atoms with Crippen LogP contribution in [0.5, 0.6) is 0 Å². The molecule has 2 rings (SSSR count). The maximum Gasteiger partial charge on any atom is 0.186 e. The lowest BCUT2D eigenvalue weighted by Gasteiger charge is -2.16. The Morgan fingerprint density at radius 2 is 2.35 bits per heavy atom. The third-order valence-electron chi connectivity index (χ3n) is 2.50. The molecule has 0 aliphatic heterocycles. The Hall–Kier alpha value is -1.80. The number of hydrogen-bond donors (Lipinski definition) is 1. The number of nitriles is 1. The Labute approximate surface area is 104 Å².